The molecule has 1 amide bonds. The maximum Gasteiger partial charge on any atom is 0.224 e. The number of hydrogen-bond donors (Lipinski definition) is 0. The van der Waals surface area contributed by atoms with E-state index >= 15 is 0 Å². The molecule has 0 bridgehead atoms. The molecule has 0 radical (unpaired) electrons. The van der Waals surface area contributed by atoms with Crippen molar-refractivity contribution in [3.05, 3.63) is 65.7 Å². The Morgan fingerprint density at radius 1 is 1.07 bits per heavy atom. The second-order valence-corrected chi connectivity index (χ2v) is 7.61. The minimum atomic E-state index is 0.221. The SMILES string of the molecule is COc1cccc(CN2CCN(C/C=C/c3ccc(N(C)C)cc3)CCC2=O)c1. The van der Waals surface area contributed by atoms with E-state index in [9.17, 15) is 4.79 Å². The number of methoxy groups -OCH3 is 1. The molecule has 1 saturated heterocycles. The van der Waals surface area contributed by atoms with Gasteiger partial charge in [-0.3, -0.25) is 9.69 Å². The Hall–Kier alpha value is -2.79. The van der Waals surface area contributed by atoms with Crippen LogP contribution in [-0.2, 0) is 11.3 Å². The molecule has 0 spiro atoms. The van der Waals surface area contributed by atoms with Crippen LogP contribution >= 0.6 is 0 Å². The highest BCUT2D eigenvalue weighted by Gasteiger charge is 2.20. The lowest BCUT2D eigenvalue weighted by molar-refractivity contribution is -0.130. The van der Waals surface area contributed by atoms with Gasteiger partial charge in [0, 0.05) is 58.9 Å². The lowest BCUT2D eigenvalue weighted by Crippen LogP contribution is -2.32. The first-order valence-corrected chi connectivity index (χ1v) is 10.1. The number of nitrogens with zero attached hydrogens (tertiary/aromatic N) is 3. The van der Waals surface area contributed by atoms with Gasteiger partial charge in [0.2, 0.25) is 5.91 Å². The molecule has 3 rings (SSSR count). The Balaban J connectivity index is 1.52. The third kappa shape index (κ3) is 6.09. The summed E-state index contributed by atoms with van der Waals surface area (Å²) in [4.78, 5) is 18.9. The van der Waals surface area contributed by atoms with E-state index in [1.165, 1.54) is 11.3 Å². The van der Waals surface area contributed by atoms with E-state index in [2.05, 4.69) is 46.2 Å². The molecule has 0 unspecified atom stereocenters. The summed E-state index contributed by atoms with van der Waals surface area (Å²) < 4.78 is 5.29. The first kappa shape index (κ1) is 20.9. The summed E-state index contributed by atoms with van der Waals surface area (Å²) in [7, 11) is 5.75. The zero-order chi connectivity index (χ0) is 20.6. The van der Waals surface area contributed by atoms with Gasteiger partial charge in [0.1, 0.15) is 5.75 Å². The predicted molar refractivity (Wildman–Crippen MR) is 119 cm³/mol. The normalized spacial score (nSPS) is 15.6. The first-order chi connectivity index (χ1) is 14.0. The molecule has 0 saturated carbocycles. The van der Waals surface area contributed by atoms with Crippen molar-refractivity contribution in [2.75, 3.05) is 52.3 Å². The van der Waals surface area contributed by atoms with Crippen LogP contribution in [0.4, 0.5) is 5.69 Å². The highest BCUT2D eigenvalue weighted by atomic mass is 16.5. The third-order valence-corrected chi connectivity index (χ3v) is 5.27. The van der Waals surface area contributed by atoms with Crippen LogP contribution < -0.4 is 9.64 Å². The molecule has 0 atom stereocenters. The number of benzene rings is 2. The molecule has 1 aliphatic heterocycles. The van der Waals surface area contributed by atoms with Gasteiger partial charge in [0.25, 0.3) is 0 Å². The van der Waals surface area contributed by atoms with Gasteiger partial charge in [-0.2, -0.15) is 0 Å². The highest BCUT2D eigenvalue weighted by molar-refractivity contribution is 5.76. The van der Waals surface area contributed by atoms with E-state index in [4.69, 9.17) is 4.74 Å². The number of rotatable bonds is 7. The van der Waals surface area contributed by atoms with Crippen LogP contribution in [0.25, 0.3) is 6.08 Å². The van der Waals surface area contributed by atoms with Crippen molar-refractivity contribution in [3.8, 4) is 5.75 Å². The quantitative estimate of drug-likeness (QED) is 0.721. The number of hydrogen-bond acceptors (Lipinski definition) is 4. The lowest BCUT2D eigenvalue weighted by atomic mass is 10.2. The number of carbonyl (C=O) groups excluding carboxylic acids is 1. The first-order valence-electron chi connectivity index (χ1n) is 10.1. The molecule has 1 heterocycles. The maximum atomic E-state index is 12.5. The van der Waals surface area contributed by atoms with Crippen LogP contribution in [0.15, 0.2) is 54.6 Å². The summed E-state index contributed by atoms with van der Waals surface area (Å²) in [5, 5.41) is 0. The topological polar surface area (TPSA) is 36.0 Å². The van der Waals surface area contributed by atoms with E-state index in [0.717, 1.165) is 37.5 Å². The molecule has 154 valence electrons. The number of amides is 1. The Kier molecular flexibility index (Phi) is 7.30. The number of carbonyl (C=O) groups is 1. The minimum Gasteiger partial charge on any atom is -0.497 e. The zero-order valence-corrected chi connectivity index (χ0v) is 17.7. The summed E-state index contributed by atoms with van der Waals surface area (Å²) in [6.07, 6.45) is 4.91. The fourth-order valence-electron chi connectivity index (χ4n) is 3.47. The van der Waals surface area contributed by atoms with Gasteiger partial charge in [-0.25, -0.2) is 0 Å². The van der Waals surface area contributed by atoms with Gasteiger partial charge in [-0.15, -0.1) is 0 Å². The average molecular weight is 394 g/mol. The van der Waals surface area contributed by atoms with Gasteiger partial charge in [-0.1, -0.05) is 36.4 Å². The molecule has 0 aromatic heterocycles. The van der Waals surface area contributed by atoms with Crippen molar-refractivity contribution >= 4 is 17.7 Å². The molecule has 1 aliphatic rings. The Morgan fingerprint density at radius 2 is 1.86 bits per heavy atom. The van der Waals surface area contributed by atoms with E-state index in [1.54, 1.807) is 7.11 Å². The van der Waals surface area contributed by atoms with E-state index in [-0.39, 0.29) is 5.91 Å². The molecule has 29 heavy (non-hydrogen) atoms. The van der Waals surface area contributed by atoms with Crippen molar-refractivity contribution < 1.29 is 9.53 Å². The summed E-state index contributed by atoms with van der Waals surface area (Å²) in [5.74, 6) is 1.05. The molecule has 0 aliphatic carbocycles. The molecular formula is C24H31N3O2. The maximum absolute atomic E-state index is 12.5. The summed E-state index contributed by atoms with van der Waals surface area (Å²) in [6, 6.07) is 16.5. The van der Waals surface area contributed by atoms with Gasteiger partial charge < -0.3 is 14.5 Å². The van der Waals surface area contributed by atoms with Crippen molar-refractivity contribution in [1.82, 2.24) is 9.80 Å². The van der Waals surface area contributed by atoms with Crippen molar-refractivity contribution in [1.29, 1.82) is 0 Å². The Morgan fingerprint density at radius 3 is 2.59 bits per heavy atom. The second kappa shape index (κ2) is 10.1. The molecule has 2 aromatic rings. The van der Waals surface area contributed by atoms with Gasteiger partial charge in [-0.05, 0) is 35.4 Å². The summed E-state index contributed by atoms with van der Waals surface area (Å²) in [6.45, 7) is 3.94. The predicted octanol–water partition coefficient (Wildman–Crippen LogP) is 3.51. The molecule has 0 N–H and O–H groups in total. The van der Waals surface area contributed by atoms with Crippen LogP contribution in [0, 0.1) is 0 Å². The van der Waals surface area contributed by atoms with E-state index in [0.29, 0.717) is 13.0 Å². The second-order valence-electron chi connectivity index (χ2n) is 7.61. The smallest absolute Gasteiger partial charge is 0.224 e. The molecule has 2 aromatic carbocycles. The Bertz CT molecular complexity index is 830. The highest BCUT2D eigenvalue weighted by Crippen LogP contribution is 2.16. The monoisotopic (exact) mass is 393 g/mol. The van der Waals surface area contributed by atoms with Crippen molar-refractivity contribution in [3.63, 3.8) is 0 Å². The molecule has 1 fully saturated rings. The van der Waals surface area contributed by atoms with Crippen LogP contribution in [0.2, 0.25) is 0 Å². The molecule has 5 heteroatoms. The fourth-order valence-corrected chi connectivity index (χ4v) is 3.47. The van der Waals surface area contributed by atoms with Crippen LogP contribution in [-0.4, -0.2) is 63.1 Å². The van der Waals surface area contributed by atoms with Crippen LogP contribution in [0.5, 0.6) is 5.75 Å². The fraction of sp³-hybridized carbons (Fsp3) is 0.375. The van der Waals surface area contributed by atoms with Crippen LogP contribution in [0.3, 0.4) is 0 Å². The standard InChI is InChI=1S/C24H31N3O2/c1-25(2)22-11-9-20(10-12-22)7-5-14-26-15-13-24(28)27(17-16-26)19-21-6-4-8-23(18-21)29-3/h4-12,18H,13-17,19H2,1-3H3/b7-5+. The number of ether oxygens (including phenoxy) is 1. The van der Waals surface area contributed by atoms with Crippen LogP contribution in [0.1, 0.15) is 17.5 Å². The third-order valence-electron chi connectivity index (χ3n) is 5.27. The largest absolute Gasteiger partial charge is 0.497 e. The minimum absolute atomic E-state index is 0.221. The number of anilines is 1. The summed E-state index contributed by atoms with van der Waals surface area (Å²) in [5.41, 5.74) is 3.50. The van der Waals surface area contributed by atoms with Crippen molar-refractivity contribution in [2.45, 2.75) is 13.0 Å². The van der Waals surface area contributed by atoms with E-state index < -0.39 is 0 Å². The molecule has 5 nitrogen and oxygen atoms in total. The molecular weight excluding hydrogens is 362 g/mol. The summed E-state index contributed by atoms with van der Waals surface area (Å²) >= 11 is 0. The van der Waals surface area contributed by atoms with Crippen molar-refractivity contribution in [2.24, 2.45) is 0 Å². The van der Waals surface area contributed by atoms with Gasteiger partial charge in [0.15, 0.2) is 0 Å². The van der Waals surface area contributed by atoms with E-state index in [1.807, 2.05) is 43.3 Å². The van der Waals surface area contributed by atoms with Gasteiger partial charge >= 0.3 is 0 Å². The zero-order valence-electron chi connectivity index (χ0n) is 17.7. The lowest BCUT2D eigenvalue weighted by Gasteiger charge is -2.21. The van der Waals surface area contributed by atoms with Gasteiger partial charge in [0.05, 0.1) is 7.11 Å². The Labute approximate surface area is 174 Å². The average Bonchev–Trinajstić information content (AvgIpc) is 2.90.